The van der Waals surface area contributed by atoms with E-state index in [1.54, 1.807) is 0 Å². The molecule has 0 fully saturated rings. The van der Waals surface area contributed by atoms with Crippen molar-refractivity contribution in [2.75, 3.05) is 5.94 Å². The van der Waals surface area contributed by atoms with Crippen LogP contribution in [-0.2, 0) is 0 Å². The van der Waals surface area contributed by atoms with Gasteiger partial charge in [-0.2, -0.15) is 0 Å². The molecule has 1 aromatic rings. The lowest BCUT2D eigenvalue weighted by Gasteiger charge is -1.92. The summed E-state index contributed by atoms with van der Waals surface area (Å²) in [5.74, 6) is 0.126. The summed E-state index contributed by atoms with van der Waals surface area (Å²) in [5, 5.41) is 8.46. The molecular weight excluding hydrogens is 132 g/mol. The largest absolute Gasteiger partial charge is 0.385 e. The highest BCUT2D eigenvalue weighted by Crippen LogP contribution is 2.13. The fourth-order valence-corrected chi connectivity index (χ4v) is 1.00. The van der Waals surface area contributed by atoms with E-state index in [9.17, 15) is 0 Å². The van der Waals surface area contributed by atoms with Crippen molar-refractivity contribution in [1.29, 1.82) is 0 Å². The van der Waals surface area contributed by atoms with Crippen LogP contribution in [0.4, 0.5) is 0 Å². The fraction of sp³-hybridized carbons (Fsp3) is 0.143. The maximum absolute atomic E-state index is 8.46. The molecule has 0 aromatic heterocycles. The second kappa shape index (κ2) is 3.54. The lowest BCUT2D eigenvalue weighted by atomic mass is 10.4. The minimum absolute atomic E-state index is 0.126. The standard InChI is InChI=1S/C7H7OS/c8-6-9-7-4-2-1-3-5-7/h1-4,8H,6H2. The molecule has 0 aliphatic heterocycles. The number of aliphatic hydroxyl groups excluding tert-OH is 1. The van der Waals surface area contributed by atoms with E-state index in [-0.39, 0.29) is 5.94 Å². The van der Waals surface area contributed by atoms with Gasteiger partial charge in [-0.05, 0) is 12.1 Å². The molecule has 2 heteroatoms. The summed E-state index contributed by atoms with van der Waals surface area (Å²) in [6.45, 7) is 0. The van der Waals surface area contributed by atoms with E-state index in [2.05, 4.69) is 6.07 Å². The molecule has 0 heterocycles. The van der Waals surface area contributed by atoms with Crippen LogP contribution in [0.5, 0.6) is 0 Å². The average Bonchev–Trinajstić information content (AvgIpc) is 1.91. The third-order valence-electron chi connectivity index (χ3n) is 0.901. The first-order valence-corrected chi connectivity index (χ1v) is 3.62. The Bertz CT molecular complexity index is 162. The van der Waals surface area contributed by atoms with Gasteiger partial charge in [-0.1, -0.05) is 30.0 Å². The minimum Gasteiger partial charge on any atom is -0.385 e. The van der Waals surface area contributed by atoms with Gasteiger partial charge in [-0.15, -0.1) is 0 Å². The van der Waals surface area contributed by atoms with E-state index in [1.165, 1.54) is 11.8 Å². The molecule has 0 amide bonds. The molecule has 0 atom stereocenters. The van der Waals surface area contributed by atoms with Crippen molar-refractivity contribution in [3.05, 3.63) is 30.3 Å². The van der Waals surface area contributed by atoms with E-state index in [0.29, 0.717) is 0 Å². The Hall–Kier alpha value is -0.470. The summed E-state index contributed by atoms with van der Waals surface area (Å²) in [4.78, 5) is 0.986. The van der Waals surface area contributed by atoms with Crippen molar-refractivity contribution in [2.24, 2.45) is 0 Å². The highest BCUT2D eigenvalue weighted by atomic mass is 32.2. The van der Waals surface area contributed by atoms with Crippen LogP contribution >= 0.6 is 11.8 Å². The number of benzene rings is 1. The second-order valence-electron chi connectivity index (χ2n) is 1.50. The molecule has 1 rings (SSSR count). The van der Waals surface area contributed by atoms with Gasteiger partial charge in [-0.3, -0.25) is 0 Å². The van der Waals surface area contributed by atoms with Crippen LogP contribution in [0, 0.1) is 6.07 Å². The van der Waals surface area contributed by atoms with Crippen LogP contribution in [0.2, 0.25) is 0 Å². The predicted molar refractivity (Wildman–Crippen MR) is 38.2 cm³/mol. The average molecular weight is 139 g/mol. The molecule has 47 valence electrons. The van der Waals surface area contributed by atoms with E-state index in [4.69, 9.17) is 5.11 Å². The highest BCUT2D eigenvalue weighted by Gasteiger charge is 1.86. The van der Waals surface area contributed by atoms with Crippen molar-refractivity contribution in [2.45, 2.75) is 4.90 Å². The van der Waals surface area contributed by atoms with E-state index in [1.807, 2.05) is 24.3 Å². The summed E-state index contributed by atoms with van der Waals surface area (Å²) in [6, 6.07) is 10.6. The quantitative estimate of drug-likeness (QED) is 0.495. The van der Waals surface area contributed by atoms with Gasteiger partial charge in [0.25, 0.3) is 0 Å². The first-order valence-electron chi connectivity index (χ1n) is 2.64. The van der Waals surface area contributed by atoms with E-state index in [0.717, 1.165) is 4.90 Å². The molecular formula is C7H7OS. The minimum atomic E-state index is 0.126. The van der Waals surface area contributed by atoms with Crippen molar-refractivity contribution in [3.8, 4) is 0 Å². The Kier molecular flexibility index (Phi) is 2.61. The van der Waals surface area contributed by atoms with Gasteiger partial charge in [0.15, 0.2) is 0 Å². The monoisotopic (exact) mass is 139 g/mol. The normalized spacial score (nSPS) is 9.44. The Morgan fingerprint density at radius 1 is 1.56 bits per heavy atom. The van der Waals surface area contributed by atoms with Crippen LogP contribution in [0.15, 0.2) is 29.2 Å². The molecule has 1 N–H and O–H groups in total. The van der Waals surface area contributed by atoms with Gasteiger partial charge in [0.2, 0.25) is 0 Å². The Labute approximate surface area is 58.7 Å². The summed E-state index contributed by atoms with van der Waals surface area (Å²) >= 11 is 1.38. The van der Waals surface area contributed by atoms with Gasteiger partial charge in [0.1, 0.15) is 0 Å². The summed E-state index contributed by atoms with van der Waals surface area (Å²) in [6.07, 6.45) is 0. The molecule has 0 saturated heterocycles. The molecule has 1 nitrogen and oxygen atoms in total. The van der Waals surface area contributed by atoms with Gasteiger partial charge in [0, 0.05) is 4.90 Å². The van der Waals surface area contributed by atoms with Crippen molar-refractivity contribution >= 4 is 11.8 Å². The number of thioether (sulfide) groups is 1. The van der Waals surface area contributed by atoms with Gasteiger partial charge >= 0.3 is 0 Å². The van der Waals surface area contributed by atoms with Crippen LogP contribution in [-0.4, -0.2) is 11.0 Å². The molecule has 1 radical (unpaired) electrons. The third-order valence-corrected chi connectivity index (χ3v) is 1.59. The molecule has 0 bridgehead atoms. The lowest BCUT2D eigenvalue weighted by Crippen LogP contribution is -1.72. The van der Waals surface area contributed by atoms with Crippen molar-refractivity contribution < 1.29 is 5.11 Å². The third kappa shape index (κ3) is 2.08. The van der Waals surface area contributed by atoms with Crippen LogP contribution < -0.4 is 0 Å². The molecule has 0 aliphatic rings. The van der Waals surface area contributed by atoms with Crippen LogP contribution in [0.3, 0.4) is 0 Å². The molecule has 9 heavy (non-hydrogen) atoms. The van der Waals surface area contributed by atoms with E-state index >= 15 is 0 Å². The van der Waals surface area contributed by atoms with Crippen LogP contribution in [0.25, 0.3) is 0 Å². The topological polar surface area (TPSA) is 20.2 Å². The summed E-state index contributed by atoms with van der Waals surface area (Å²) in [7, 11) is 0. The molecule has 1 aromatic carbocycles. The van der Waals surface area contributed by atoms with Gasteiger partial charge < -0.3 is 5.11 Å². The number of rotatable bonds is 2. The maximum Gasteiger partial charge on any atom is 0.0932 e. The molecule has 0 unspecified atom stereocenters. The fourth-order valence-electron chi connectivity index (χ4n) is 0.536. The zero-order chi connectivity index (χ0) is 6.53. The number of aliphatic hydroxyl groups is 1. The SMILES string of the molecule is OCSc1[c]cccc1. The van der Waals surface area contributed by atoms with Crippen molar-refractivity contribution in [3.63, 3.8) is 0 Å². The van der Waals surface area contributed by atoms with Gasteiger partial charge in [0.05, 0.1) is 5.94 Å². The Balaban J connectivity index is 2.61. The van der Waals surface area contributed by atoms with E-state index < -0.39 is 0 Å². The van der Waals surface area contributed by atoms with Crippen LogP contribution in [0.1, 0.15) is 0 Å². The number of hydrogen-bond acceptors (Lipinski definition) is 2. The maximum atomic E-state index is 8.46. The smallest absolute Gasteiger partial charge is 0.0932 e. The first kappa shape index (κ1) is 6.65. The Morgan fingerprint density at radius 3 is 3.00 bits per heavy atom. The molecule has 0 saturated carbocycles. The number of hydrogen-bond donors (Lipinski definition) is 1. The molecule has 0 aliphatic carbocycles. The lowest BCUT2D eigenvalue weighted by molar-refractivity contribution is 0.375. The summed E-state index contributed by atoms with van der Waals surface area (Å²) in [5.41, 5.74) is 0. The second-order valence-corrected chi connectivity index (χ2v) is 2.49. The Morgan fingerprint density at radius 2 is 2.44 bits per heavy atom. The summed E-state index contributed by atoms with van der Waals surface area (Å²) < 4.78 is 0. The zero-order valence-electron chi connectivity index (χ0n) is 4.87. The first-order chi connectivity index (χ1) is 4.43. The van der Waals surface area contributed by atoms with Crippen molar-refractivity contribution in [1.82, 2.24) is 0 Å². The van der Waals surface area contributed by atoms with Gasteiger partial charge in [-0.25, -0.2) is 0 Å². The zero-order valence-corrected chi connectivity index (χ0v) is 5.69. The highest BCUT2D eigenvalue weighted by molar-refractivity contribution is 7.99. The molecule has 0 spiro atoms. The predicted octanol–water partition coefficient (Wildman–Crippen LogP) is 1.53.